The first-order valence-corrected chi connectivity index (χ1v) is 7.94. The number of ether oxygens (including phenoxy) is 1. The van der Waals surface area contributed by atoms with Crippen LogP contribution in [0.5, 0.6) is 0 Å². The van der Waals surface area contributed by atoms with E-state index in [9.17, 15) is 4.39 Å². The van der Waals surface area contributed by atoms with E-state index >= 15 is 0 Å². The zero-order chi connectivity index (χ0) is 16.1. The lowest BCUT2D eigenvalue weighted by Crippen LogP contribution is -2.35. The highest BCUT2D eigenvalue weighted by Crippen LogP contribution is 2.15. The number of hydrogen-bond acceptors (Lipinski definition) is 2. The molecular formula is C19H17ClFNO. The Morgan fingerprint density at radius 2 is 1.65 bits per heavy atom. The van der Waals surface area contributed by atoms with E-state index in [0.717, 1.165) is 38.4 Å². The molecule has 1 aliphatic rings. The fraction of sp³-hybridized carbons (Fsp3) is 0.263. The van der Waals surface area contributed by atoms with Gasteiger partial charge in [-0.15, -0.1) is 0 Å². The first-order valence-electron chi connectivity index (χ1n) is 7.57. The van der Waals surface area contributed by atoms with Crippen LogP contribution in [0.25, 0.3) is 0 Å². The molecule has 2 aromatic carbocycles. The van der Waals surface area contributed by atoms with Crippen molar-refractivity contribution in [1.29, 1.82) is 0 Å². The average Bonchev–Trinajstić information content (AvgIpc) is 2.58. The molecule has 1 aliphatic heterocycles. The topological polar surface area (TPSA) is 12.5 Å². The Hall–Kier alpha value is -1.86. The van der Waals surface area contributed by atoms with Gasteiger partial charge in [0, 0.05) is 30.8 Å². The molecule has 0 spiro atoms. The lowest BCUT2D eigenvalue weighted by atomic mass is 10.1. The largest absolute Gasteiger partial charge is 0.379 e. The minimum atomic E-state index is -0.445. The van der Waals surface area contributed by atoms with Gasteiger partial charge >= 0.3 is 0 Å². The van der Waals surface area contributed by atoms with Crippen molar-refractivity contribution in [1.82, 2.24) is 4.90 Å². The summed E-state index contributed by atoms with van der Waals surface area (Å²) in [6.45, 7) is 4.50. The molecule has 1 heterocycles. The summed E-state index contributed by atoms with van der Waals surface area (Å²) >= 11 is 5.66. The summed E-state index contributed by atoms with van der Waals surface area (Å²) in [5.41, 5.74) is 2.78. The van der Waals surface area contributed by atoms with E-state index < -0.39 is 5.82 Å². The van der Waals surface area contributed by atoms with E-state index in [-0.39, 0.29) is 5.02 Å². The Bertz CT molecular complexity index is 727. The lowest BCUT2D eigenvalue weighted by Gasteiger charge is -2.26. The molecule has 0 unspecified atom stereocenters. The fourth-order valence-electron chi connectivity index (χ4n) is 2.43. The van der Waals surface area contributed by atoms with Crippen LogP contribution in [0.4, 0.5) is 4.39 Å². The van der Waals surface area contributed by atoms with E-state index in [1.807, 2.05) is 12.1 Å². The summed E-state index contributed by atoms with van der Waals surface area (Å²) in [5, 5.41) is 0.114. The molecule has 4 heteroatoms. The monoisotopic (exact) mass is 329 g/mol. The van der Waals surface area contributed by atoms with Gasteiger partial charge in [0.25, 0.3) is 0 Å². The Morgan fingerprint density at radius 1 is 1.00 bits per heavy atom. The van der Waals surface area contributed by atoms with Crippen LogP contribution in [-0.4, -0.2) is 31.2 Å². The zero-order valence-electron chi connectivity index (χ0n) is 12.7. The van der Waals surface area contributed by atoms with Crippen LogP contribution in [0.3, 0.4) is 0 Å². The summed E-state index contributed by atoms with van der Waals surface area (Å²) in [5.74, 6) is 5.55. The van der Waals surface area contributed by atoms with Gasteiger partial charge in [-0.3, -0.25) is 4.90 Å². The molecule has 0 bridgehead atoms. The minimum Gasteiger partial charge on any atom is -0.379 e. The molecule has 2 aromatic rings. The van der Waals surface area contributed by atoms with Crippen LogP contribution in [0, 0.1) is 17.7 Å². The third-order valence-corrected chi connectivity index (χ3v) is 4.04. The highest BCUT2D eigenvalue weighted by atomic mass is 35.5. The summed E-state index contributed by atoms with van der Waals surface area (Å²) < 4.78 is 18.7. The number of halogens is 2. The number of rotatable bonds is 2. The summed E-state index contributed by atoms with van der Waals surface area (Å²) in [7, 11) is 0. The van der Waals surface area contributed by atoms with E-state index in [1.54, 1.807) is 6.07 Å². The van der Waals surface area contributed by atoms with E-state index in [4.69, 9.17) is 16.3 Å². The molecule has 0 saturated carbocycles. The molecule has 0 amide bonds. The van der Waals surface area contributed by atoms with Crippen LogP contribution in [0.1, 0.15) is 16.7 Å². The second-order valence-electron chi connectivity index (χ2n) is 5.46. The molecule has 3 rings (SSSR count). The maximum absolute atomic E-state index is 13.4. The molecule has 1 fully saturated rings. The Labute approximate surface area is 140 Å². The van der Waals surface area contributed by atoms with Crippen molar-refractivity contribution in [3.8, 4) is 11.8 Å². The summed E-state index contributed by atoms with van der Waals surface area (Å²) in [6, 6.07) is 12.7. The average molecular weight is 330 g/mol. The minimum absolute atomic E-state index is 0.114. The maximum Gasteiger partial charge on any atom is 0.143 e. The first-order chi connectivity index (χ1) is 11.2. The van der Waals surface area contributed by atoms with Crippen LogP contribution in [-0.2, 0) is 11.3 Å². The van der Waals surface area contributed by atoms with Crippen molar-refractivity contribution in [2.24, 2.45) is 0 Å². The molecule has 118 valence electrons. The second-order valence-corrected chi connectivity index (χ2v) is 5.87. The van der Waals surface area contributed by atoms with Gasteiger partial charge in [-0.05, 0) is 35.9 Å². The molecule has 23 heavy (non-hydrogen) atoms. The number of hydrogen-bond donors (Lipinski definition) is 0. The smallest absolute Gasteiger partial charge is 0.143 e. The van der Waals surface area contributed by atoms with Crippen LogP contribution < -0.4 is 0 Å². The van der Waals surface area contributed by atoms with Gasteiger partial charge in [-0.25, -0.2) is 4.39 Å². The predicted molar refractivity (Wildman–Crippen MR) is 89.9 cm³/mol. The molecule has 0 N–H and O–H groups in total. The lowest BCUT2D eigenvalue weighted by molar-refractivity contribution is 0.0342. The SMILES string of the molecule is Fc1cc(C#Cc2ccc(CN3CCOCC3)cc2)ccc1Cl. The molecule has 0 radical (unpaired) electrons. The highest BCUT2D eigenvalue weighted by molar-refractivity contribution is 6.30. The van der Waals surface area contributed by atoms with E-state index in [0.29, 0.717) is 5.56 Å². The Morgan fingerprint density at radius 3 is 2.35 bits per heavy atom. The number of benzene rings is 2. The fourth-order valence-corrected chi connectivity index (χ4v) is 2.55. The van der Waals surface area contributed by atoms with Crippen LogP contribution in [0.2, 0.25) is 5.02 Å². The maximum atomic E-state index is 13.4. The van der Waals surface area contributed by atoms with Gasteiger partial charge in [-0.2, -0.15) is 0 Å². The molecule has 0 aliphatic carbocycles. The Kier molecular flexibility index (Phi) is 5.30. The van der Waals surface area contributed by atoms with Gasteiger partial charge < -0.3 is 4.74 Å². The van der Waals surface area contributed by atoms with Crippen molar-refractivity contribution in [3.63, 3.8) is 0 Å². The number of nitrogens with zero attached hydrogens (tertiary/aromatic N) is 1. The summed E-state index contributed by atoms with van der Waals surface area (Å²) in [4.78, 5) is 2.38. The molecule has 1 saturated heterocycles. The van der Waals surface area contributed by atoms with Gasteiger partial charge in [0.1, 0.15) is 5.82 Å². The van der Waals surface area contributed by atoms with Gasteiger partial charge in [-0.1, -0.05) is 35.6 Å². The zero-order valence-corrected chi connectivity index (χ0v) is 13.4. The van der Waals surface area contributed by atoms with Crippen molar-refractivity contribution in [2.45, 2.75) is 6.54 Å². The van der Waals surface area contributed by atoms with Crippen molar-refractivity contribution >= 4 is 11.6 Å². The molecule has 0 atom stereocenters. The number of morpholine rings is 1. The predicted octanol–water partition coefficient (Wildman–Crippen LogP) is 3.71. The Balaban J connectivity index is 1.65. The standard InChI is InChI=1S/C19H17ClFNO/c20-18-8-7-16(13-19(18)21)4-1-15-2-5-17(6-3-15)14-22-9-11-23-12-10-22/h2-3,5-8,13H,9-12,14H2. The second kappa shape index (κ2) is 7.61. The highest BCUT2D eigenvalue weighted by Gasteiger charge is 2.10. The van der Waals surface area contributed by atoms with Crippen LogP contribution >= 0.6 is 11.6 Å². The molecule has 0 aromatic heterocycles. The van der Waals surface area contributed by atoms with Crippen molar-refractivity contribution in [2.75, 3.05) is 26.3 Å². The van der Waals surface area contributed by atoms with Crippen LogP contribution in [0.15, 0.2) is 42.5 Å². The van der Waals surface area contributed by atoms with Gasteiger partial charge in [0.2, 0.25) is 0 Å². The summed E-state index contributed by atoms with van der Waals surface area (Å²) in [6.07, 6.45) is 0. The van der Waals surface area contributed by atoms with Crippen molar-refractivity contribution < 1.29 is 9.13 Å². The van der Waals surface area contributed by atoms with E-state index in [1.165, 1.54) is 17.7 Å². The normalized spacial score (nSPS) is 15.0. The van der Waals surface area contributed by atoms with Crippen molar-refractivity contribution in [3.05, 3.63) is 70.0 Å². The third kappa shape index (κ3) is 4.56. The van der Waals surface area contributed by atoms with E-state index in [2.05, 4.69) is 28.9 Å². The molecular weight excluding hydrogens is 313 g/mol. The molecule has 2 nitrogen and oxygen atoms in total. The first kappa shape index (κ1) is 16.0. The quantitative estimate of drug-likeness (QED) is 0.779. The third-order valence-electron chi connectivity index (χ3n) is 3.73. The van der Waals surface area contributed by atoms with Gasteiger partial charge in [0.15, 0.2) is 0 Å². The van der Waals surface area contributed by atoms with Gasteiger partial charge in [0.05, 0.1) is 18.2 Å².